The molecule has 0 radical (unpaired) electrons. The highest BCUT2D eigenvalue weighted by molar-refractivity contribution is 7.99. The standard InChI is InChI=1S/C21H24N4O2S/c1-16-9-6-7-12-18(16)22-19(26)15-28-21-24-23-20(17-10-4-3-5-11-17)25(21)13-8-14-27-2/h3-7,9-12H,8,13-15H2,1-2H3,(H,22,26). The third kappa shape index (κ3) is 5.21. The minimum atomic E-state index is -0.0630. The Morgan fingerprint density at radius 2 is 1.86 bits per heavy atom. The largest absolute Gasteiger partial charge is 0.385 e. The van der Waals surface area contributed by atoms with Gasteiger partial charge in [-0.15, -0.1) is 10.2 Å². The van der Waals surface area contributed by atoms with Gasteiger partial charge >= 0.3 is 0 Å². The second-order valence-electron chi connectivity index (χ2n) is 6.32. The molecule has 0 fully saturated rings. The number of carbonyl (C=O) groups is 1. The second kappa shape index (κ2) is 10.1. The Kier molecular flexibility index (Phi) is 7.22. The van der Waals surface area contributed by atoms with Crippen molar-refractivity contribution in [1.82, 2.24) is 14.8 Å². The van der Waals surface area contributed by atoms with Crippen molar-refractivity contribution in [3.8, 4) is 11.4 Å². The van der Waals surface area contributed by atoms with E-state index in [0.29, 0.717) is 6.61 Å². The number of benzene rings is 2. The van der Waals surface area contributed by atoms with Crippen LogP contribution in [-0.4, -0.2) is 40.1 Å². The van der Waals surface area contributed by atoms with E-state index in [1.165, 1.54) is 11.8 Å². The van der Waals surface area contributed by atoms with E-state index < -0.39 is 0 Å². The van der Waals surface area contributed by atoms with Crippen LogP contribution in [0, 0.1) is 6.92 Å². The van der Waals surface area contributed by atoms with Crippen LogP contribution in [0.1, 0.15) is 12.0 Å². The molecule has 0 atom stereocenters. The second-order valence-corrected chi connectivity index (χ2v) is 7.26. The molecule has 0 aliphatic carbocycles. The number of carbonyl (C=O) groups excluding carboxylic acids is 1. The number of amides is 1. The summed E-state index contributed by atoms with van der Waals surface area (Å²) in [6.45, 7) is 3.36. The lowest BCUT2D eigenvalue weighted by molar-refractivity contribution is -0.113. The van der Waals surface area contributed by atoms with Gasteiger partial charge in [0.2, 0.25) is 5.91 Å². The van der Waals surface area contributed by atoms with Gasteiger partial charge in [-0.25, -0.2) is 0 Å². The van der Waals surface area contributed by atoms with Crippen molar-refractivity contribution in [2.24, 2.45) is 0 Å². The van der Waals surface area contributed by atoms with Crippen LogP contribution in [0.4, 0.5) is 5.69 Å². The summed E-state index contributed by atoms with van der Waals surface area (Å²) >= 11 is 1.39. The van der Waals surface area contributed by atoms with Crippen LogP contribution in [0.5, 0.6) is 0 Å². The summed E-state index contributed by atoms with van der Waals surface area (Å²) < 4.78 is 7.23. The van der Waals surface area contributed by atoms with Gasteiger partial charge < -0.3 is 14.6 Å². The SMILES string of the molecule is COCCCn1c(SCC(=O)Nc2ccccc2C)nnc1-c1ccccc1. The first-order valence-electron chi connectivity index (χ1n) is 9.15. The zero-order valence-corrected chi connectivity index (χ0v) is 16.9. The number of hydrogen-bond donors (Lipinski definition) is 1. The van der Waals surface area contributed by atoms with E-state index in [9.17, 15) is 4.79 Å². The van der Waals surface area contributed by atoms with Crippen molar-refractivity contribution in [3.05, 3.63) is 60.2 Å². The molecule has 1 aromatic heterocycles. The van der Waals surface area contributed by atoms with Gasteiger partial charge in [-0.1, -0.05) is 60.3 Å². The predicted octanol–water partition coefficient (Wildman–Crippen LogP) is 4.02. The van der Waals surface area contributed by atoms with Crippen LogP contribution < -0.4 is 5.32 Å². The monoisotopic (exact) mass is 396 g/mol. The summed E-state index contributed by atoms with van der Waals surface area (Å²) in [7, 11) is 1.69. The number of thioether (sulfide) groups is 1. The van der Waals surface area contributed by atoms with Crippen LogP contribution in [0.3, 0.4) is 0 Å². The Balaban J connectivity index is 1.71. The fourth-order valence-electron chi connectivity index (χ4n) is 2.79. The zero-order chi connectivity index (χ0) is 19.8. The maximum Gasteiger partial charge on any atom is 0.234 e. The first kappa shape index (κ1) is 20.1. The number of anilines is 1. The van der Waals surface area contributed by atoms with Crippen LogP contribution in [0.2, 0.25) is 0 Å². The molecule has 1 amide bonds. The van der Waals surface area contributed by atoms with Crippen LogP contribution in [0.15, 0.2) is 59.8 Å². The molecule has 1 N–H and O–H groups in total. The van der Waals surface area contributed by atoms with Gasteiger partial charge in [0.15, 0.2) is 11.0 Å². The van der Waals surface area contributed by atoms with Gasteiger partial charge in [0, 0.05) is 31.5 Å². The zero-order valence-electron chi connectivity index (χ0n) is 16.1. The molecular formula is C21H24N4O2S. The Bertz CT molecular complexity index is 912. The van der Waals surface area contributed by atoms with Crippen molar-refractivity contribution >= 4 is 23.4 Å². The lowest BCUT2D eigenvalue weighted by atomic mass is 10.2. The van der Waals surface area contributed by atoms with Crippen LogP contribution in [0.25, 0.3) is 11.4 Å². The van der Waals surface area contributed by atoms with E-state index in [1.807, 2.05) is 61.5 Å². The Morgan fingerprint density at radius 1 is 1.11 bits per heavy atom. The molecule has 28 heavy (non-hydrogen) atoms. The maximum absolute atomic E-state index is 12.4. The number of rotatable bonds is 9. The molecule has 2 aromatic carbocycles. The molecule has 1 heterocycles. The Hall–Kier alpha value is -2.64. The quantitative estimate of drug-likeness (QED) is 0.437. The number of ether oxygens (including phenoxy) is 1. The topological polar surface area (TPSA) is 69.0 Å². The predicted molar refractivity (Wildman–Crippen MR) is 112 cm³/mol. The third-order valence-electron chi connectivity index (χ3n) is 4.23. The summed E-state index contributed by atoms with van der Waals surface area (Å²) in [6.07, 6.45) is 0.845. The van der Waals surface area contributed by atoms with E-state index in [1.54, 1.807) is 7.11 Å². The molecule has 0 aliphatic heterocycles. The van der Waals surface area contributed by atoms with Crippen molar-refractivity contribution in [2.75, 3.05) is 24.8 Å². The van der Waals surface area contributed by atoms with E-state index in [0.717, 1.165) is 40.8 Å². The van der Waals surface area contributed by atoms with Gasteiger partial charge in [0.05, 0.1) is 5.75 Å². The highest BCUT2D eigenvalue weighted by Crippen LogP contribution is 2.24. The summed E-state index contributed by atoms with van der Waals surface area (Å²) in [5, 5.41) is 12.4. The number of methoxy groups -OCH3 is 1. The lowest BCUT2D eigenvalue weighted by Gasteiger charge is -2.11. The molecule has 146 valence electrons. The van der Waals surface area contributed by atoms with Crippen LogP contribution >= 0.6 is 11.8 Å². The number of para-hydroxylation sites is 1. The van der Waals surface area contributed by atoms with Gasteiger partial charge in [-0.05, 0) is 25.0 Å². The molecule has 6 nitrogen and oxygen atoms in total. The number of nitrogens with zero attached hydrogens (tertiary/aromatic N) is 3. The van der Waals surface area contributed by atoms with Crippen molar-refractivity contribution in [1.29, 1.82) is 0 Å². The summed E-state index contributed by atoms with van der Waals surface area (Å²) in [5.41, 5.74) is 2.87. The van der Waals surface area contributed by atoms with Crippen molar-refractivity contribution in [2.45, 2.75) is 25.0 Å². The summed E-state index contributed by atoms with van der Waals surface area (Å²) in [6, 6.07) is 17.7. The van der Waals surface area contributed by atoms with Gasteiger partial charge in [-0.3, -0.25) is 4.79 Å². The van der Waals surface area contributed by atoms with Gasteiger partial charge in [0.1, 0.15) is 0 Å². The van der Waals surface area contributed by atoms with Crippen molar-refractivity contribution < 1.29 is 9.53 Å². The molecule has 0 unspecified atom stereocenters. The van der Waals surface area contributed by atoms with Gasteiger partial charge in [0.25, 0.3) is 0 Å². The highest BCUT2D eigenvalue weighted by atomic mass is 32.2. The Labute approximate surface area is 169 Å². The number of aromatic nitrogens is 3. The normalized spacial score (nSPS) is 10.8. The molecule has 0 saturated carbocycles. The van der Waals surface area contributed by atoms with E-state index in [-0.39, 0.29) is 11.7 Å². The summed E-state index contributed by atoms with van der Waals surface area (Å²) in [5.74, 6) is 1.01. The first-order valence-corrected chi connectivity index (χ1v) is 10.1. The number of nitrogens with one attached hydrogen (secondary N) is 1. The first-order chi connectivity index (χ1) is 13.7. The molecule has 3 rings (SSSR count). The smallest absolute Gasteiger partial charge is 0.234 e. The number of aryl methyl sites for hydroxylation is 1. The van der Waals surface area contributed by atoms with Gasteiger partial charge in [-0.2, -0.15) is 0 Å². The maximum atomic E-state index is 12.4. The fourth-order valence-corrected chi connectivity index (χ4v) is 3.56. The highest BCUT2D eigenvalue weighted by Gasteiger charge is 2.15. The molecular weight excluding hydrogens is 372 g/mol. The average molecular weight is 397 g/mol. The Morgan fingerprint density at radius 3 is 2.61 bits per heavy atom. The lowest BCUT2D eigenvalue weighted by Crippen LogP contribution is -2.15. The summed E-state index contributed by atoms with van der Waals surface area (Å²) in [4.78, 5) is 12.4. The minimum absolute atomic E-state index is 0.0630. The molecule has 0 spiro atoms. The molecule has 0 saturated heterocycles. The van der Waals surface area contributed by atoms with Crippen LogP contribution in [-0.2, 0) is 16.1 Å². The van der Waals surface area contributed by atoms with E-state index in [2.05, 4.69) is 20.1 Å². The molecule has 3 aromatic rings. The fraction of sp³-hybridized carbons (Fsp3) is 0.286. The van der Waals surface area contributed by atoms with E-state index >= 15 is 0 Å². The van der Waals surface area contributed by atoms with E-state index in [4.69, 9.17) is 4.74 Å². The number of hydrogen-bond acceptors (Lipinski definition) is 5. The van der Waals surface area contributed by atoms with Crippen molar-refractivity contribution in [3.63, 3.8) is 0 Å². The minimum Gasteiger partial charge on any atom is -0.385 e. The molecule has 7 heteroatoms. The average Bonchev–Trinajstić information content (AvgIpc) is 3.12. The molecule has 0 aliphatic rings. The molecule has 0 bridgehead atoms. The third-order valence-corrected chi connectivity index (χ3v) is 5.20.